The number of phenols is 1. The Morgan fingerprint density at radius 3 is 2.43 bits per heavy atom. The Morgan fingerprint density at radius 1 is 0.971 bits per heavy atom. The van der Waals surface area contributed by atoms with Gasteiger partial charge in [-0.25, -0.2) is 0 Å². The topological polar surface area (TPSA) is 48.4 Å². The van der Waals surface area contributed by atoms with Crippen LogP contribution in [0.15, 0.2) is 71.3 Å². The number of halogens is 4. The molecule has 1 aliphatic rings. The molecule has 5 rings (SSSR count). The Kier molecular flexibility index (Phi) is 6.42. The molecule has 3 aromatic carbocycles. The number of pyridine rings is 1. The number of hydrogen-bond donors (Lipinski definition) is 2. The van der Waals surface area contributed by atoms with E-state index in [1.54, 1.807) is 6.07 Å². The van der Waals surface area contributed by atoms with E-state index in [9.17, 15) is 18.3 Å². The van der Waals surface area contributed by atoms with Crippen LogP contribution >= 0.6 is 15.9 Å². The number of likely N-dealkylation sites (tertiary alicyclic amines) is 1. The van der Waals surface area contributed by atoms with Gasteiger partial charge >= 0.3 is 6.18 Å². The van der Waals surface area contributed by atoms with Crippen molar-refractivity contribution in [2.45, 2.75) is 25.6 Å². The number of phenolic OH excluding ortho intramolecular Hbond substituents is 1. The number of hydrogen-bond acceptors (Lipinski definition) is 4. The van der Waals surface area contributed by atoms with Gasteiger partial charge in [-0.15, -0.1) is 0 Å². The van der Waals surface area contributed by atoms with Crippen LogP contribution in [-0.4, -0.2) is 28.1 Å². The first-order valence-corrected chi connectivity index (χ1v) is 12.1. The molecule has 4 aromatic rings. The molecule has 1 saturated heterocycles. The molecular weight excluding hydrogens is 519 g/mol. The summed E-state index contributed by atoms with van der Waals surface area (Å²) in [5, 5.41) is 15.1. The predicted octanol–water partition coefficient (Wildman–Crippen LogP) is 7.73. The van der Waals surface area contributed by atoms with E-state index in [0.29, 0.717) is 23.2 Å². The molecular formula is C27H23BrF3N3O. The molecule has 1 aliphatic heterocycles. The van der Waals surface area contributed by atoms with Gasteiger partial charge in [0, 0.05) is 45.1 Å². The molecule has 1 fully saturated rings. The van der Waals surface area contributed by atoms with Crippen LogP contribution < -0.4 is 5.32 Å². The van der Waals surface area contributed by atoms with Gasteiger partial charge in [0.25, 0.3) is 0 Å². The van der Waals surface area contributed by atoms with Gasteiger partial charge in [0.15, 0.2) is 0 Å². The smallest absolute Gasteiger partial charge is 0.416 e. The Bertz CT molecular complexity index is 1370. The molecule has 0 radical (unpaired) electrons. The number of nitrogens with one attached hydrogen (secondary N) is 1. The van der Waals surface area contributed by atoms with Gasteiger partial charge in [-0.05, 0) is 74.0 Å². The fourth-order valence-corrected chi connectivity index (χ4v) is 4.77. The molecule has 8 heteroatoms. The van der Waals surface area contributed by atoms with E-state index in [2.05, 4.69) is 31.1 Å². The van der Waals surface area contributed by atoms with Crippen LogP contribution in [0.5, 0.6) is 5.75 Å². The molecule has 0 spiro atoms. The van der Waals surface area contributed by atoms with E-state index in [1.807, 2.05) is 36.4 Å². The molecule has 2 heterocycles. The third-order valence-corrected chi connectivity index (χ3v) is 6.81. The van der Waals surface area contributed by atoms with Gasteiger partial charge in [0.1, 0.15) is 5.75 Å². The third kappa shape index (κ3) is 5.13. The average molecular weight is 542 g/mol. The van der Waals surface area contributed by atoms with Crippen molar-refractivity contribution in [2.75, 3.05) is 18.4 Å². The minimum absolute atomic E-state index is 0.235. The molecule has 0 bridgehead atoms. The highest BCUT2D eigenvalue weighted by Gasteiger charge is 2.30. The highest BCUT2D eigenvalue weighted by atomic mass is 79.9. The van der Waals surface area contributed by atoms with Gasteiger partial charge in [-0.1, -0.05) is 34.1 Å². The monoisotopic (exact) mass is 541 g/mol. The van der Waals surface area contributed by atoms with Crippen molar-refractivity contribution in [2.24, 2.45) is 0 Å². The van der Waals surface area contributed by atoms with Crippen LogP contribution in [0.25, 0.3) is 22.0 Å². The zero-order valence-electron chi connectivity index (χ0n) is 18.7. The molecule has 1 aromatic heterocycles. The van der Waals surface area contributed by atoms with E-state index in [1.165, 1.54) is 12.3 Å². The SMILES string of the molecule is Oc1c(CN2CCCC2)cc(Nc2ccnc3cc(C(F)(F)F)ccc23)cc1-c1ccc(Br)cc1. The molecule has 35 heavy (non-hydrogen) atoms. The van der Waals surface area contributed by atoms with E-state index in [0.717, 1.165) is 59.4 Å². The minimum Gasteiger partial charge on any atom is -0.507 e. The molecule has 0 saturated carbocycles. The van der Waals surface area contributed by atoms with Gasteiger partial charge in [0.05, 0.1) is 11.1 Å². The number of aromatic hydroxyl groups is 1. The number of anilines is 2. The van der Waals surface area contributed by atoms with Gasteiger partial charge in [0.2, 0.25) is 0 Å². The fourth-order valence-electron chi connectivity index (χ4n) is 4.51. The fraction of sp³-hybridized carbons (Fsp3) is 0.222. The number of fused-ring (bicyclic) bond motifs is 1. The lowest BCUT2D eigenvalue weighted by molar-refractivity contribution is -0.137. The van der Waals surface area contributed by atoms with Crippen LogP contribution in [0, 0.1) is 0 Å². The molecule has 180 valence electrons. The summed E-state index contributed by atoms with van der Waals surface area (Å²) in [5.41, 5.74) is 3.26. The molecule has 0 unspecified atom stereocenters. The van der Waals surface area contributed by atoms with Crippen LogP contribution in [0.1, 0.15) is 24.0 Å². The van der Waals surface area contributed by atoms with Crippen molar-refractivity contribution in [3.63, 3.8) is 0 Å². The predicted molar refractivity (Wildman–Crippen MR) is 136 cm³/mol. The number of rotatable bonds is 5. The van der Waals surface area contributed by atoms with Crippen LogP contribution in [0.2, 0.25) is 0 Å². The lowest BCUT2D eigenvalue weighted by Gasteiger charge is -2.20. The second-order valence-electron chi connectivity index (χ2n) is 8.73. The number of alkyl halides is 3. The largest absolute Gasteiger partial charge is 0.507 e. The first-order chi connectivity index (χ1) is 16.8. The Labute approximate surface area is 209 Å². The summed E-state index contributed by atoms with van der Waals surface area (Å²) >= 11 is 3.45. The normalized spacial score (nSPS) is 14.5. The average Bonchev–Trinajstić information content (AvgIpc) is 3.34. The maximum Gasteiger partial charge on any atom is 0.416 e. The van der Waals surface area contributed by atoms with Crippen LogP contribution in [-0.2, 0) is 12.7 Å². The van der Waals surface area contributed by atoms with E-state index in [-0.39, 0.29) is 11.3 Å². The van der Waals surface area contributed by atoms with Crippen molar-refractivity contribution in [3.05, 3.63) is 82.5 Å². The van der Waals surface area contributed by atoms with Crippen molar-refractivity contribution < 1.29 is 18.3 Å². The number of nitrogens with zero attached hydrogens (tertiary/aromatic N) is 2. The first-order valence-electron chi connectivity index (χ1n) is 11.3. The summed E-state index contributed by atoms with van der Waals surface area (Å²) in [7, 11) is 0. The summed E-state index contributed by atoms with van der Waals surface area (Å²) in [6, 6.07) is 16.8. The molecule has 0 atom stereocenters. The van der Waals surface area contributed by atoms with Crippen LogP contribution in [0.3, 0.4) is 0 Å². The van der Waals surface area contributed by atoms with E-state index in [4.69, 9.17) is 0 Å². The zero-order valence-corrected chi connectivity index (χ0v) is 20.3. The summed E-state index contributed by atoms with van der Waals surface area (Å²) in [6.45, 7) is 2.60. The molecule has 4 nitrogen and oxygen atoms in total. The highest BCUT2D eigenvalue weighted by molar-refractivity contribution is 9.10. The van der Waals surface area contributed by atoms with Crippen molar-refractivity contribution >= 4 is 38.2 Å². The standard InChI is InChI=1S/C27H23BrF3N3O/c28-20-6-3-17(4-7-20)23-15-21(13-18(26(23)35)16-34-11-1-2-12-34)33-24-9-10-32-25-14-19(27(29,30)31)5-8-22(24)25/h3-10,13-15,35H,1-2,11-12,16H2,(H,32,33). The maximum absolute atomic E-state index is 13.2. The van der Waals surface area contributed by atoms with E-state index < -0.39 is 11.7 Å². The van der Waals surface area contributed by atoms with Crippen molar-refractivity contribution in [1.82, 2.24) is 9.88 Å². The van der Waals surface area contributed by atoms with Crippen molar-refractivity contribution in [3.8, 4) is 16.9 Å². The summed E-state index contributed by atoms with van der Waals surface area (Å²) in [6.07, 6.45) is -0.658. The first kappa shape index (κ1) is 23.6. The van der Waals surface area contributed by atoms with Crippen molar-refractivity contribution in [1.29, 1.82) is 0 Å². The van der Waals surface area contributed by atoms with Gasteiger partial charge < -0.3 is 10.4 Å². The second kappa shape index (κ2) is 9.51. The van der Waals surface area contributed by atoms with Gasteiger partial charge in [-0.2, -0.15) is 13.2 Å². The van der Waals surface area contributed by atoms with Gasteiger partial charge in [-0.3, -0.25) is 9.88 Å². The zero-order chi connectivity index (χ0) is 24.6. The second-order valence-corrected chi connectivity index (χ2v) is 9.65. The number of benzene rings is 3. The minimum atomic E-state index is -4.43. The highest BCUT2D eigenvalue weighted by Crippen LogP contribution is 2.39. The quantitative estimate of drug-likeness (QED) is 0.254. The summed E-state index contributed by atoms with van der Waals surface area (Å²) < 4.78 is 40.4. The lowest BCUT2D eigenvalue weighted by Crippen LogP contribution is -2.18. The van der Waals surface area contributed by atoms with E-state index >= 15 is 0 Å². The molecule has 0 amide bonds. The Morgan fingerprint density at radius 2 is 1.71 bits per heavy atom. The van der Waals surface area contributed by atoms with Crippen LogP contribution in [0.4, 0.5) is 24.5 Å². The third-order valence-electron chi connectivity index (χ3n) is 6.29. The maximum atomic E-state index is 13.2. The lowest BCUT2D eigenvalue weighted by atomic mass is 9.99. The summed E-state index contributed by atoms with van der Waals surface area (Å²) in [4.78, 5) is 6.45. The Hall–Kier alpha value is -3.10. The number of aromatic nitrogens is 1. The molecule has 0 aliphatic carbocycles. The summed E-state index contributed by atoms with van der Waals surface area (Å²) in [5.74, 6) is 0.235. The Balaban J connectivity index is 1.56. The molecule has 2 N–H and O–H groups in total.